The van der Waals surface area contributed by atoms with Gasteiger partial charge in [0.25, 0.3) is 5.69 Å². The fourth-order valence-corrected chi connectivity index (χ4v) is 1.58. The topological polar surface area (TPSA) is 72.2 Å². The van der Waals surface area contributed by atoms with E-state index in [0.29, 0.717) is 0 Å². The Morgan fingerprint density at radius 3 is 2.88 bits per heavy atom. The lowest BCUT2D eigenvalue weighted by molar-refractivity contribution is -0.383. The van der Waals surface area contributed by atoms with Gasteiger partial charge in [0, 0.05) is 11.1 Å². The summed E-state index contributed by atoms with van der Waals surface area (Å²) in [6, 6.07) is 4.11. The summed E-state index contributed by atoms with van der Waals surface area (Å²) in [5.41, 5.74) is -0.0459. The van der Waals surface area contributed by atoms with Gasteiger partial charge in [-0.2, -0.15) is 11.8 Å². The maximum absolute atomic E-state index is 11.3. The minimum absolute atomic E-state index is 0.161. The van der Waals surface area contributed by atoms with E-state index in [1.807, 2.05) is 0 Å². The molecule has 0 bridgehead atoms. The average Bonchev–Trinajstić information content (AvgIpc) is 2.20. The Morgan fingerprint density at radius 2 is 2.31 bits per heavy atom. The molecule has 0 aromatic heterocycles. The average molecular weight is 261 g/mol. The van der Waals surface area contributed by atoms with E-state index in [1.54, 1.807) is 6.26 Å². The van der Waals surface area contributed by atoms with Crippen molar-refractivity contribution in [2.75, 3.05) is 17.3 Å². The predicted octanol–water partition coefficient (Wildman–Crippen LogP) is 2.55. The normalized spacial score (nSPS) is 9.88. The van der Waals surface area contributed by atoms with Crippen LogP contribution in [0.4, 0.5) is 11.4 Å². The first-order valence-electron chi connectivity index (χ1n) is 4.27. The van der Waals surface area contributed by atoms with Crippen molar-refractivity contribution in [1.82, 2.24) is 0 Å². The molecule has 0 radical (unpaired) electrons. The van der Waals surface area contributed by atoms with Crippen LogP contribution in [-0.4, -0.2) is 22.8 Å². The first kappa shape index (κ1) is 12.8. The summed E-state index contributed by atoms with van der Waals surface area (Å²) in [5.74, 6) is -0.0299. The number of nitrogens with zero attached hydrogens (tertiary/aromatic N) is 1. The lowest BCUT2D eigenvalue weighted by Gasteiger charge is -2.05. The van der Waals surface area contributed by atoms with Gasteiger partial charge in [0.2, 0.25) is 5.91 Å². The summed E-state index contributed by atoms with van der Waals surface area (Å²) in [7, 11) is 0. The van der Waals surface area contributed by atoms with Crippen molar-refractivity contribution >= 4 is 40.6 Å². The molecule has 0 saturated heterocycles. The molecule has 1 aromatic carbocycles. The first-order chi connectivity index (χ1) is 7.54. The predicted molar refractivity (Wildman–Crippen MR) is 65.1 cm³/mol. The van der Waals surface area contributed by atoms with Crippen molar-refractivity contribution in [3.05, 3.63) is 33.3 Å². The Hall–Kier alpha value is -1.27. The van der Waals surface area contributed by atoms with E-state index >= 15 is 0 Å². The van der Waals surface area contributed by atoms with Crippen LogP contribution in [0.25, 0.3) is 0 Å². The largest absolute Gasteiger partial charge is 0.320 e. The number of hydrogen-bond donors (Lipinski definition) is 1. The van der Waals surface area contributed by atoms with Gasteiger partial charge in [-0.15, -0.1) is 0 Å². The second-order valence-corrected chi connectivity index (χ2v) is 4.20. The molecule has 1 amide bonds. The fourth-order valence-electron chi connectivity index (χ4n) is 1.08. The molecule has 5 nitrogen and oxygen atoms in total. The molecule has 0 atom stereocenters. The highest BCUT2D eigenvalue weighted by Gasteiger charge is 2.15. The summed E-state index contributed by atoms with van der Waals surface area (Å²) in [5, 5.41) is 13.4. The maximum atomic E-state index is 11.3. The number of nitro benzene ring substituents is 1. The van der Waals surface area contributed by atoms with Crippen LogP contribution in [-0.2, 0) is 4.79 Å². The zero-order valence-electron chi connectivity index (χ0n) is 8.40. The number of nitro groups is 1. The molecule has 0 spiro atoms. The van der Waals surface area contributed by atoms with Crippen LogP contribution >= 0.6 is 23.4 Å². The Kier molecular flexibility index (Phi) is 4.57. The number of hydrogen-bond acceptors (Lipinski definition) is 4. The van der Waals surface area contributed by atoms with E-state index < -0.39 is 4.92 Å². The zero-order valence-corrected chi connectivity index (χ0v) is 9.97. The molecule has 7 heteroatoms. The molecule has 0 aliphatic carbocycles. The van der Waals surface area contributed by atoms with Crippen LogP contribution in [0, 0.1) is 10.1 Å². The zero-order chi connectivity index (χ0) is 12.1. The number of carbonyl (C=O) groups excluding carboxylic acids is 1. The van der Waals surface area contributed by atoms with Crippen molar-refractivity contribution < 1.29 is 9.72 Å². The molecular formula is C9H9ClN2O3S. The van der Waals surface area contributed by atoms with Gasteiger partial charge in [-0.3, -0.25) is 14.9 Å². The van der Waals surface area contributed by atoms with Gasteiger partial charge in [-0.25, -0.2) is 0 Å². The monoisotopic (exact) mass is 260 g/mol. The highest BCUT2D eigenvalue weighted by Crippen LogP contribution is 2.27. The summed E-state index contributed by atoms with van der Waals surface area (Å²) < 4.78 is 0. The standard InChI is InChI=1S/C9H9ClN2O3S/c1-16-5-9(13)11-7-3-2-6(10)4-8(7)12(14)15/h2-4H,5H2,1H3,(H,11,13). The van der Waals surface area contributed by atoms with Crippen LogP contribution in [0.1, 0.15) is 0 Å². The molecule has 16 heavy (non-hydrogen) atoms. The number of anilines is 1. The van der Waals surface area contributed by atoms with Crippen LogP contribution < -0.4 is 5.32 Å². The first-order valence-corrected chi connectivity index (χ1v) is 6.04. The second-order valence-electron chi connectivity index (χ2n) is 2.90. The van der Waals surface area contributed by atoms with Crippen molar-refractivity contribution in [3.63, 3.8) is 0 Å². The van der Waals surface area contributed by atoms with Gasteiger partial charge in [0.05, 0.1) is 10.7 Å². The smallest absolute Gasteiger partial charge is 0.294 e. The SMILES string of the molecule is CSCC(=O)Nc1ccc(Cl)cc1[N+](=O)[O-]. The highest BCUT2D eigenvalue weighted by atomic mass is 35.5. The van der Waals surface area contributed by atoms with Gasteiger partial charge in [0.1, 0.15) is 5.69 Å². The molecule has 0 saturated carbocycles. The number of halogens is 1. The molecule has 0 fully saturated rings. The van der Waals surface area contributed by atoms with Crippen molar-refractivity contribution in [3.8, 4) is 0 Å². The molecule has 0 aliphatic heterocycles. The van der Waals surface area contributed by atoms with E-state index in [1.165, 1.54) is 30.0 Å². The van der Waals surface area contributed by atoms with Crippen LogP contribution in [0.3, 0.4) is 0 Å². The Bertz CT molecular complexity index is 425. The quantitative estimate of drug-likeness (QED) is 0.667. The number of amides is 1. The number of rotatable bonds is 4. The Labute approximate surface area is 101 Å². The highest BCUT2D eigenvalue weighted by molar-refractivity contribution is 7.99. The van der Waals surface area contributed by atoms with Gasteiger partial charge in [0.15, 0.2) is 0 Å². The summed E-state index contributed by atoms with van der Waals surface area (Å²) >= 11 is 6.98. The fraction of sp³-hybridized carbons (Fsp3) is 0.222. The third-order valence-corrected chi connectivity index (χ3v) is 2.49. The van der Waals surface area contributed by atoms with Crippen molar-refractivity contribution in [2.45, 2.75) is 0 Å². The third-order valence-electron chi connectivity index (χ3n) is 1.71. The van der Waals surface area contributed by atoms with Gasteiger partial charge in [-0.05, 0) is 18.4 Å². The number of nitrogens with one attached hydrogen (secondary N) is 1. The van der Waals surface area contributed by atoms with E-state index in [0.717, 1.165) is 0 Å². The van der Waals surface area contributed by atoms with Gasteiger partial charge < -0.3 is 5.32 Å². The molecule has 86 valence electrons. The summed E-state index contributed by atoms with van der Waals surface area (Å²) in [6.07, 6.45) is 1.77. The molecule has 1 rings (SSSR count). The number of thioether (sulfide) groups is 1. The maximum Gasteiger partial charge on any atom is 0.294 e. The Balaban J connectivity index is 2.95. The molecule has 1 N–H and O–H groups in total. The number of carbonyl (C=O) groups is 1. The van der Waals surface area contributed by atoms with Crippen LogP contribution in [0.2, 0.25) is 5.02 Å². The van der Waals surface area contributed by atoms with E-state index in [9.17, 15) is 14.9 Å². The van der Waals surface area contributed by atoms with Crippen molar-refractivity contribution in [1.29, 1.82) is 0 Å². The minimum Gasteiger partial charge on any atom is -0.320 e. The Morgan fingerprint density at radius 1 is 1.62 bits per heavy atom. The molecule has 1 aromatic rings. The molecular weight excluding hydrogens is 252 g/mol. The van der Waals surface area contributed by atoms with Crippen LogP contribution in [0.5, 0.6) is 0 Å². The summed E-state index contributed by atoms with van der Waals surface area (Å²) in [6.45, 7) is 0. The van der Waals surface area contributed by atoms with E-state index in [-0.39, 0.29) is 28.1 Å². The second kappa shape index (κ2) is 5.72. The van der Waals surface area contributed by atoms with E-state index in [2.05, 4.69) is 5.32 Å². The van der Waals surface area contributed by atoms with Crippen molar-refractivity contribution in [2.24, 2.45) is 0 Å². The van der Waals surface area contributed by atoms with Crippen LogP contribution in [0.15, 0.2) is 18.2 Å². The third kappa shape index (κ3) is 3.39. The lowest BCUT2D eigenvalue weighted by Crippen LogP contribution is -2.14. The minimum atomic E-state index is -0.583. The summed E-state index contributed by atoms with van der Waals surface area (Å²) in [4.78, 5) is 21.4. The van der Waals surface area contributed by atoms with Gasteiger partial charge >= 0.3 is 0 Å². The molecule has 0 unspecified atom stereocenters. The molecule has 0 heterocycles. The molecule has 0 aliphatic rings. The van der Waals surface area contributed by atoms with Gasteiger partial charge in [-0.1, -0.05) is 11.6 Å². The number of benzene rings is 1. The lowest BCUT2D eigenvalue weighted by atomic mass is 10.2. The van der Waals surface area contributed by atoms with E-state index in [4.69, 9.17) is 11.6 Å².